The van der Waals surface area contributed by atoms with Crippen LogP contribution >= 0.6 is 0 Å². The van der Waals surface area contributed by atoms with Crippen molar-refractivity contribution in [2.75, 3.05) is 26.7 Å². The highest BCUT2D eigenvalue weighted by molar-refractivity contribution is 7.89. The number of hydrogen-bond acceptors (Lipinski definition) is 3. The fourth-order valence-corrected chi connectivity index (χ4v) is 3.77. The Kier molecular flexibility index (Phi) is 5.21. The summed E-state index contributed by atoms with van der Waals surface area (Å²) in [7, 11) is -1.31. The van der Waals surface area contributed by atoms with Crippen molar-refractivity contribution >= 4 is 10.0 Å². The molecule has 0 radical (unpaired) electrons. The van der Waals surface area contributed by atoms with Crippen LogP contribution in [0.5, 0.6) is 0 Å². The first-order valence-corrected chi connectivity index (χ1v) is 7.62. The minimum atomic E-state index is -3.10. The molecule has 1 aliphatic heterocycles. The van der Waals surface area contributed by atoms with Crippen LogP contribution in [0.4, 0.5) is 0 Å². The van der Waals surface area contributed by atoms with Crippen LogP contribution < -0.4 is 5.32 Å². The van der Waals surface area contributed by atoms with E-state index in [0.717, 1.165) is 19.3 Å². The summed E-state index contributed by atoms with van der Waals surface area (Å²) in [6.07, 6.45) is 3.13. The van der Waals surface area contributed by atoms with Crippen molar-refractivity contribution in [1.29, 1.82) is 0 Å². The molecule has 0 aliphatic carbocycles. The van der Waals surface area contributed by atoms with E-state index in [1.165, 1.54) is 0 Å². The van der Waals surface area contributed by atoms with E-state index in [1.807, 2.05) is 0 Å². The zero-order valence-electron chi connectivity index (χ0n) is 10.6. The van der Waals surface area contributed by atoms with Gasteiger partial charge in [0.2, 0.25) is 10.0 Å². The second-order valence-corrected chi connectivity index (χ2v) is 7.20. The molecule has 0 aromatic heterocycles. The molecule has 0 amide bonds. The summed E-state index contributed by atoms with van der Waals surface area (Å²) >= 11 is 0. The van der Waals surface area contributed by atoms with Gasteiger partial charge < -0.3 is 5.32 Å². The molecular formula is C11H24N2O2S. The average molecular weight is 248 g/mol. The Hall–Kier alpha value is -0.130. The highest BCUT2D eigenvalue weighted by atomic mass is 32.2. The van der Waals surface area contributed by atoms with E-state index >= 15 is 0 Å². The van der Waals surface area contributed by atoms with Crippen molar-refractivity contribution < 1.29 is 8.42 Å². The molecule has 2 atom stereocenters. The molecule has 1 N–H and O–H groups in total. The smallest absolute Gasteiger partial charge is 0.217 e. The van der Waals surface area contributed by atoms with Gasteiger partial charge in [-0.15, -0.1) is 0 Å². The normalized spacial score (nSPS) is 26.3. The molecule has 5 heteroatoms. The molecule has 16 heavy (non-hydrogen) atoms. The van der Waals surface area contributed by atoms with Crippen LogP contribution in [0.15, 0.2) is 0 Å². The van der Waals surface area contributed by atoms with Crippen LogP contribution in [0, 0.1) is 5.92 Å². The number of sulfonamides is 1. The van der Waals surface area contributed by atoms with Gasteiger partial charge in [0.05, 0.1) is 5.25 Å². The Morgan fingerprint density at radius 3 is 2.69 bits per heavy atom. The van der Waals surface area contributed by atoms with E-state index in [-0.39, 0.29) is 5.25 Å². The van der Waals surface area contributed by atoms with E-state index in [2.05, 4.69) is 12.2 Å². The van der Waals surface area contributed by atoms with Gasteiger partial charge in [-0.3, -0.25) is 0 Å². The van der Waals surface area contributed by atoms with Crippen molar-refractivity contribution in [1.82, 2.24) is 9.62 Å². The Morgan fingerprint density at radius 1 is 1.38 bits per heavy atom. The summed E-state index contributed by atoms with van der Waals surface area (Å²) in [6, 6.07) is 0. The van der Waals surface area contributed by atoms with Gasteiger partial charge in [-0.2, -0.15) is 0 Å². The minimum absolute atomic E-state index is 0.328. The molecule has 1 aliphatic rings. The highest BCUT2D eigenvalue weighted by Crippen LogP contribution is 2.20. The summed E-state index contributed by atoms with van der Waals surface area (Å²) in [5.74, 6) is 0.653. The minimum Gasteiger partial charge on any atom is -0.318 e. The van der Waals surface area contributed by atoms with E-state index in [9.17, 15) is 8.42 Å². The SMILES string of the molecule is CNCC(C)S(=O)(=O)N1CCCC(C)CC1. The number of nitrogens with one attached hydrogen (secondary N) is 1. The molecule has 0 spiro atoms. The molecule has 2 unspecified atom stereocenters. The van der Waals surface area contributed by atoms with Crippen LogP contribution in [-0.4, -0.2) is 44.7 Å². The molecule has 96 valence electrons. The maximum atomic E-state index is 12.2. The molecule has 1 heterocycles. The average Bonchev–Trinajstić information content (AvgIpc) is 2.43. The van der Waals surface area contributed by atoms with Gasteiger partial charge >= 0.3 is 0 Å². The summed E-state index contributed by atoms with van der Waals surface area (Å²) in [5.41, 5.74) is 0. The van der Waals surface area contributed by atoms with Crippen LogP contribution in [0.3, 0.4) is 0 Å². The van der Waals surface area contributed by atoms with Gasteiger partial charge in [-0.25, -0.2) is 12.7 Å². The Balaban J connectivity index is 2.67. The zero-order chi connectivity index (χ0) is 12.2. The summed E-state index contributed by atoms with van der Waals surface area (Å²) in [6.45, 7) is 5.89. The first-order valence-electron chi connectivity index (χ1n) is 6.12. The third kappa shape index (κ3) is 3.43. The lowest BCUT2D eigenvalue weighted by Crippen LogP contribution is -2.41. The van der Waals surface area contributed by atoms with Gasteiger partial charge in [0, 0.05) is 19.6 Å². The predicted octanol–water partition coefficient (Wildman–Crippen LogP) is 1.05. The monoisotopic (exact) mass is 248 g/mol. The Morgan fingerprint density at radius 2 is 2.06 bits per heavy atom. The number of nitrogens with zero attached hydrogens (tertiary/aromatic N) is 1. The van der Waals surface area contributed by atoms with Crippen molar-refractivity contribution in [3.05, 3.63) is 0 Å². The van der Waals surface area contributed by atoms with E-state index in [0.29, 0.717) is 25.6 Å². The lowest BCUT2D eigenvalue weighted by Gasteiger charge is -2.24. The van der Waals surface area contributed by atoms with Crippen molar-refractivity contribution in [3.8, 4) is 0 Å². The first-order chi connectivity index (χ1) is 7.48. The van der Waals surface area contributed by atoms with Gasteiger partial charge in [0.15, 0.2) is 0 Å². The summed E-state index contributed by atoms with van der Waals surface area (Å²) in [5, 5.41) is 2.60. The zero-order valence-corrected chi connectivity index (χ0v) is 11.4. The van der Waals surface area contributed by atoms with Crippen LogP contribution in [0.25, 0.3) is 0 Å². The van der Waals surface area contributed by atoms with Gasteiger partial charge in [0.1, 0.15) is 0 Å². The molecule has 0 bridgehead atoms. The van der Waals surface area contributed by atoms with E-state index < -0.39 is 10.0 Å². The Bertz CT molecular complexity index is 303. The third-order valence-corrected chi connectivity index (χ3v) is 5.60. The van der Waals surface area contributed by atoms with Gasteiger partial charge in [-0.05, 0) is 39.2 Å². The summed E-state index contributed by atoms with van der Waals surface area (Å²) in [4.78, 5) is 0. The topological polar surface area (TPSA) is 49.4 Å². The first kappa shape index (κ1) is 13.9. The number of hydrogen-bond donors (Lipinski definition) is 1. The van der Waals surface area contributed by atoms with E-state index in [1.54, 1.807) is 18.3 Å². The van der Waals surface area contributed by atoms with Crippen LogP contribution in [0.1, 0.15) is 33.1 Å². The summed E-state index contributed by atoms with van der Waals surface area (Å²) < 4.78 is 26.1. The fourth-order valence-electron chi connectivity index (χ4n) is 2.14. The molecular weight excluding hydrogens is 224 g/mol. The predicted molar refractivity (Wildman–Crippen MR) is 66.9 cm³/mol. The second-order valence-electron chi connectivity index (χ2n) is 4.85. The largest absolute Gasteiger partial charge is 0.318 e. The van der Waals surface area contributed by atoms with Crippen LogP contribution in [0.2, 0.25) is 0 Å². The highest BCUT2D eigenvalue weighted by Gasteiger charge is 2.29. The lowest BCUT2D eigenvalue weighted by atomic mass is 10.0. The van der Waals surface area contributed by atoms with Gasteiger partial charge in [-0.1, -0.05) is 6.92 Å². The Labute approximate surface area is 99.5 Å². The van der Waals surface area contributed by atoms with E-state index in [4.69, 9.17) is 0 Å². The third-order valence-electron chi connectivity index (χ3n) is 3.34. The maximum absolute atomic E-state index is 12.2. The molecule has 1 saturated heterocycles. The number of rotatable bonds is 4. The molecule has 1 fully saturated rings. The maximum Gasteiger partial charge on any atom is 0.217 e. The fraction of sp³-hybridized carbons (Fsp3) is 1.00. The van der Waals surface area contributed by atoms with Crippen LogP contribution in [-0.2, 0) is 10.0 Å². The molecule has 0 saturated carbocycles. The van der Waals surface area contributed by atoms with Crippen molar-refractivity contribution in [3.63, 3.8) is 0 Å². The van der Waals surface area contributed by atoms with Gasteiger partial charge in [0.25, 0.3) is 0 Å². The lowest BCUT2D eigenvalue weighted by molar-refractivity contribution is 0.409. The molecule has 4 nitrogen and oxygen atoms in total. The van der Waals surface area contributed by atoms with Crippen molar-refractivity contribution in [2.24, 2.45) is 5.92 Å². The van der Waals surface area contributed by atoms with Crippen molar-refractivity contribution in [2.45, 2.75) is 38.4 Å². The molecule has 0 aromatic carbocycles. The second kappa shape index (κ2) is 5.98. The molecule has 0 aromatic rings. The quantitative estimate of drug-likeness (QED) is 0.809. The standard InChI is InChI=1S/C11H24N2O2S/c1-10-5-4-7-13(8-6-10)16(14,15)11(2)9-12-3/h10-12H,4-9H2,1-3H3. The molecule has 1 rings (SSSR count).